The maximum absolute atomic E-state index is 12.9. The molecule has 154 valence electrons. The molecule has 0 aliphatic carbocycles. The Hall–Kier alpha value is -1.79. The van der Waals surface area contributed by atoms with E-state index in [1.807, 2.05) is 0 Å². The standard InChI is InChI=1S/C21H30ClN3O3/c1-13(2)6-7-25-15-4-5-16(25)9-14(8-15)21(27)24-19-10-17(22)18(23-12-26)11-20(19)28-3/h10-16H,4-9H2,1-3H3,(H,23,26)(H,24,27). The molecule has 0 spiro atoms. The van der Waals surface area contributed by atoms with Gasteiger partial charge in [-0.2, -0.15) is 0 Å². The number of methoxy groups -OCH3 is 1. The highest BCUT2D eigenvalue weighted by atomic mass is 35.5. The molecule has 1 aromatic rings. The Kier molecular flexibility index (Phi) is 6.83. The molecule has 1 aromatic carbocycles. The van der Waals surface area contributed by atoms with E-state index in [9.17, 15) is 9.59 Å². The molecule has 3 rings (SSSR count). The number of anilines is 2. The van der Waals surface area contributed by atoms with Crippen molar-refractivity contribution in [3.05, 3.63) is 17.2 Å². The average molecular weight is 408 g/mol. The minimum Gasteiger partial charge on any atom is -0.494 e. The van der Waals surface area contributed by atoms with Gasteiger partial charge in [-0.3, -0.25) is 14.5 Å². The van der Waals surface area contributed by atoms with Gasteiger partial charge in [0.15, 0.2) is 0 Å². The molecule has 0 aromatic heterocycles. The number of amides is 2. The van der Waals surface area contributed by atoms with Crippen molar-refractivity contribution in [3.63, 3.8) is 0 Å². The third-order valence-corrected chi connectivity index (χ3v) is 6.29. The molecule has 2 unspecified atom stereocenters. The number of carbonyl (C=O) groups excluding carboxylic acids is 2. The molecule has 2 bridgehead atoms. The highest BCUT2D eigenvalue weighted by Gasteiger charge is 2.42. The Morgan fingerprint density at radius 1 is 1.29 bits per heavy atom. The van der Waals surface area contributed by atoms with Crippen molar-refractivity contribution in [1.29, 1.82) is 0 Å². The number of benzene rings is 1. The summed E-state index contributed by atoms with van der Waals surface area (Å²) in [5.41, 5.74) is 0.978. The van der Waals surface area contributed by atoms with Crippen LogP contribution in [0.1, 0.15) is 46.0 Å². The number of piperidine rings is 1. The Bertz CT molecular complexity index is 711. The third-order valence-electron chi connectivity index (χ3n) is 5.98. The van der Waals surface area contributed by atoms with Crippen LogP contribution < -0.4 is 15.4 Å². The molecule has 0 saturated carbocycles. The second-order valence-electron chi connectivity index (χ2n) is 8.26. The Morgan fingerprint density at radius 2 is 1.96 bits per heavy atom. The van der Waals surface area contributed by atoms with Crippen molar-refractivity contribution in [3.8, 4) is 5.75 Å². The summed E-state index contributed by atoms with van der Waals surface area (Å²) in [6, 6.07) is 4.26. The normalized spacial score (nSPS) is 24.2. The number of hydrogen-bond donors (Lipinski definition) is 2. The minimum absolute atomic E-state index is 0.00376. The quantitative estimate of drug-likeness (QED) is 0.635. The maximum Gasteiger partial charge on any atom is 0.227 e. The van der Waals surface area contributed by atoms with E-state index in [1.165, 1.54) is 26.4 Å². The lowest BCUT2D eigenvalue weighted by Gasteiger charge is -2.38. The smallest absolute Gasteiger partial charge is 0.227 e. The topological polar surface area (TPSA) is 70.7 Å². The van der Waals surface area contributed by atoms with E-state index < -0.39 is 0 Å². The number of hydrogen-bond acceptors (Lipinski definition) is 4. The lowest BCUT2D eigenvalue weighted by Crippen LogP contribution is -2.46. The van der Waals surface area contributed by atoms with E-state index in [4.69, 9.17) is 16.3 Å². The first-order valence-corrected chi connectivity index (χ1v) is 10.4. The highest BCUT2D eigenvalue weighted by Crippen LogP contribution is 2.40. The van der Waals surface area contributed by atoms with E-state index >= 15 is 0 Å². The summed E-state index contributed by atoms with van der Waals surface area (Å²) >= 11 is 6.21. The van der Waals surface area contributed by atoms with Crippen molar-refractivity contribution in [2.45, 2.75) is 58.0 Å². The van der Waals surface area contributed by atoms with E-state index in [-0.39, 0.29) is 11.8 Å². The zero-order valence-electron chi connectivity index (χ0n) is 16.8. The molecule has 2 saturated heterocycles. The van der Waals surface area contributed by atoms with Crippen LogP contribution in [0.4, 0.5) is 11.4 Å². The van der Waals surface area contributed by atoms with Crippen LogP contribution in [0, 0.1) is 11.8 Å². The van der Waals surface area contributed by atoms with Gasteiger partial charge in [0, 0.05) is 24.1 Å². The molecule has 28 heavy (non-hydrogen) atoms. The first-order valence-electron chi connectivity index (χ1n) is 10.1. The average Bonchev–Trinajstić information content (AvgIpc) is 2.89. The van der Waals surface area contributed by atoms with Crippen LogP contribution in [0.5, 0.6) is 5.75 Å². The third kappa shape index (κ3) is 4.61. The van der Waals surface area contributed by atoms with Crippen molar-refractivity contribution in [2.24, 2.45) is 11.8 Å². The molecule has 2 heterocycles. The van der Waals surface area contributed by atoms with Gasteiger partial charge in [0.1, 0.15) is 5.75 Å². The van der Waals surface area contributed by atoms with Crippen LogP contribution >= 0.6 is 11.6 Å². The molecular formula is C21H30ClN3O3. The zero-order chi connectivity index (χ0) is 20.3. The fourth-order valence-electron chi connectivity index (χ4n) is 4.49. The summed E-state index contributed by atoms with van der Waals surface area (Å²) in [6.45, 7) is 5.66. The van der Waals surface area contributed by atoms with E-state index in [2.05, 4.69) is 29.4 Å². The molecule has 6 nitrogen and oxygen atoms in total. The van der Waals surface area contributed by atoms with Crippen LogP contribution in [0.2, 0.25) is 5.02 Å². The van der Waals surface area contributed by atoms with Gasteiger partial charge in [-0.15, -0.1) is 0 Å². The monoisotopic (exact) mass is 407 g/mol. The summed E-state index contributed by atoms with van der Waals surface area (Å²) < 4.78 is 5.36. The van der Waals surface area contributed by atoms with Gasteiger partial charge < -0.3 is 15.4 Å². The van der Waals surface area contributed by atoms with Crippen molar-refractivity contribution < 1.29 is 14.3 Å². The van der Waals surface area contributed by atoms with Gasteiger partial charge in [-0.1, -0.05) is 25.4 Å². The summed E-state index contributed by atoms with van der Waals surface area (Å²) in [5.74, 6) is 1.20. The van der Waals surface area contributed by atoms with Crippen LogP contribution in [0.25, 0.3) is 0 Å². The van der Waals surface area contributed by atoms with Gasteiger partial charge >= 0.3 is 0 Å². The van der Waals surface area contributed by atoms with Crippen LogP contribution in [-0.4, -0.2) is 43.0 Å². The molecule has 2 aliphatic heterocycles. The van der Waals surface area contributed by atoms with Gasteiger partial charge in [0.25, 0.3) is 0 Å². The number of nitrogens with zero attached hydrogens (tertiary/aromatic N) is 1. The summed E-state index contributed by atoms with van der Waals surface area (Å²) in [4.78, 5) is 26.3. The largest absolute Gasteiger partial charge is 0.494 e. The summed E-state index contributed by atoms with van der Waals surface area (Å²) in [7, 11) is 1.52. The first-order chi connectivity index (χ1) is 13.4. The number of nitrogens with one attached hydrogen (secondary N) is 2. The highest BCUT2D eigenvalue weighted by molar-refractivity contribution is 6.34. The van der Waals surface area contributed by atoms with Crippen LogP contribution in [-0.2, 0) is 9.59 Å². The van der Waals surface area contributed by atoms with Crippen LogP contribution in [0.15, 0.2) is 12.1 Å². The zero-order valence-corrected chi connectivity index (χ0v) is 17.6. The van der Waals surface area contributed by atoms with E-state index in [1.54, 1.807) is 12.1 Å². The Labute approximate surface area is 171 Å². The number of fused-ring (bicyclic) bond motifs is 2. The number of halogens is 1. The molecule has 2 N–H and O–H groups in total. The van der Waals surface area contributed by atoms with E-state index in [0.717, 1.165) is 19.4 Å². The first kappa shape index (κ1) is 20.9. The van der Waals surface area contributed by atoms with Gasteiger partial charge in [0.05, 0.1) is 23.5 Å². The second-order valence-corrected chi connectivity index (χ2v) is 8.66. The maximum atomic E-state index is 12.9. The van der Waals surface area contributed by atoms with Gasteiger partial charge in [-0.25, -0.2) is 0 Å². The lowest BCUT2D eigenvalue weighted by atomic mass is 9.89. The van der Waals surface area contributed by atoms with Crippen molar-refractivity contribution >= 4 is 35.3 Å². The predicted molar refractivity (Wildman–Crippen MR) is 112 cm³/mol. The Morgan fingerprint density at radius 3 is 2.54 bits per heavy atom. The molecule has 2 atom stereocenters. The molecule has 7 heteroatoms. The minimum atomic E-state index is 0.00376. The van der Waals surface area contributed by atoms with Crippen molar-refractivity contribution in [2.75, 3.05) is 24.3 Å². The lowest BCUT2D eigenvalue weighted by molar-refractivity contribution is -0.122. The Balaban J connectivity index is 1.66. The molecule has 2 fully saturated rings. The fraction of sp³-hybridized carbons (Fsp3) is 0.619. The number of carbonyl (C=O) groups is 2. The van der Waals surface area contributed by atoms with Gasteiger partial charge in [0.2, 0.25) is 12.3 Å². The molecule has 2 amide bonds. The van der Waals surface area contributed by atoms with Crippen LogP contribution in [0.3, 0.4) is 0 Å². The SMILES string of the molecule is COc1cc(NC=O)c(Cl)cc1NC(=O)C1CC2CCC(C1)N2CCC(C)C. The molecule has 0 radical (unpaired) electrons. The summed E-state index contributed by atoms with van der Waals surface area (Å²) in [6.07, 6.45) is 5.95. The van der Waals surface area contributed by atoms with Gasteiger partial charge in [-0.05, 0) is 50.6 Å². The van der Waals surface area contributed by atoms with Crippen molar-refractivity contribution in [1.82, 2.24) is 4.90 Å². The number of ether oxygens (including phenoxy) is 1. The fourth-order valence-corrected chi connectivity index (χ4v) is 4.71. The molecule has 2 aliphatic rings. The molecular weight excluding hydrogens is 378 g/mol. The second kappa shape index (κ2) is 9.14. The number of rotatable bonds is 8. The summed E-state index contributed by atoms with van der Waals surface area (Å²) in [5, 5.41) is 5.87. The van der Waals surface area contributed by atoms with E-state index in [0.29, 0.717) is 46.6 Å². The predicted octanol–water partition coefficient (Wildman–Crippen LogP) is 4.14.